The minimum absolute atomic E-state index is 0.206. The van der Waals surface area contributed by atoms with Gasteiger partial charge >= 0.3 is 0 Å². The van der Waals surface area contributed by atoms with Crippen molar-refractivity contribution in [2.75, 3.05) is 13.7 Å². The highest BCUT2D eigenvalue weighted by Gasteiger charge is 2.44. The Morgan fingerprint density at radius 1 is 0.968 bits per heavy atom. The maximum atomic E-state index is 12.9. The number of aliphatic hydroxyl groups is 4. The molecule has 0 saturated carbocycles. The molecule has 4 rings (SSSR count). The van der Waals surface area contributed by atoms with E-state index in [4.69, 9.17) is 18.6 Å². The van der Waals surface area contributed by atoms with Crippen molar-refractivity contribution in [2.45, 2.75) is 30.7 Å². The van der Waals surface area contributed by atoms with E-state index < -0.39 is 37.3 Å². The zero-order valence-corrected chi connectivity index (χ0v) is 16.5. The molecule has 0 radical (unpaired) electrons. The van der Waals surface area contributed by atoms with E-state index in [0.717, 1.165) is 0 Å². The Labute approximate surface area is 176 Å². The molecule has 2 aromatic carbocycles. The van der Waals surface area contributed by atoms with Crippen LogP contribution in [-0.4, -0.2) is 64.8 Å². The van der Waals surface area contributed by atoms with Crippen LogP contribution in [0.4, 0.5) is 0 Å². The molecule has 3 aromatic rings. The molecule has 31 heavy (non-hydrogen) atoms. The van der Waals surface area contributed by atoms with Gasteiger partial charge in [0.2, 0.25) is 6.29 Å². The van der Waals surface area contributed by atoms with Crippen LogP contribution in [0.2, 0.25) is 0 Å². The maximum Gasteiger partial charge on any atom is 0.229 e. The maximum absolute atomic E-state index is 12.9. The SMILES string of the molecule is COc1ccc(-c2coc3cc(O[C@@H]4O[C@H](CO)[C@@H](O)[C@@H](O)[C@H]4O)ccc3c2=O)cc1. The number of hydrogen-bond acceptors (Lipinski definition) is 9. The molecule has 1 saturated heterocycles. The summed E-state index contributed by atoms with van der Waals surface area (Å²) in [5, 5.41) is 39.5. The lowest BCUT2D eigenvalue weighted by Gasteiger charge is -2.39. The third-order valence-electron chi connectivity index (χ3n) is 5.25. The van der Waals surface area contributed by atoms with Crippen LogP contribution in [0.5, 0.6) is 11.5 Å². The molecule has 0 aliphatic carbocycles. The van der Waals surface area contributed by atoms with E-state index in [1.807, 2.05) is 0 Å². The molecule has 5 atom stereocenters. The van der Waals surface area contributed by atoms with Gasteiger partial charge in [0.25, 0.3) is 0 Å². The Morgan fingerprint density at radius 2 is 1.68 bits per heavy atom. The quantitative estimate of drug-likeness (QED) is 0.459. The summed E-state index contributed by atoms with van der Waals surface area (Å²) in [6, 6.07) is 11.5. The van der Waals surface area contributed by atoms with Crippen molar-refractivity contribution < 1.29 is 39.1 Å². The Bertz CT molecular complexity index is 1110. The van der Waals surface area contributed by atoms with Crippen molar-refractivity contribution >= 4 is 11.0 Å². The van der Waals surface area contributed by atoms with E-state index >= 15 is 0 Å². The van der Waals surface area contributed by atoms with E-state index in [2.05, 4.69) is 0 Å². The molecule has 1 aliphatic rings. The smallest absolute Gasteiger partial charge is 0.229 e. The van der Waals surface area contributed by atoms with Crippen molar-refractivity contribution in [3.05, 3.63) is 59.0 Å². The summed E-state index contributed by atoms with van der Waals surface area (Å²) in [5.41, 5.74) is 1.09. The molecular weight excluding hydrogens is 408 g/mol. The van der Waals surface area contributed by atoms with E-state index in [1.54, 1.807) is 31.4 Å². The summed E-state index contributed by atoms with van der Waals surface area (Å²) in [6.45, 7) is -0.564. The first kappa shape index (κ1) is 21.3. The van der Waals surface area contributed by atoms with Crippen LogP contribution in [0, 0.1) is 0 Å². The normalized spacial score (nSPS) is 26.0. The summed E-state index contributed by atoms with van der Waals surface area (Å²) in [5.74, 6) is 0.876. The molecule has 9 nitrogen and oxygen atoms in total. The first-order valence-corrected chi connectivity index (χ1v) is 9.60. The van der Waals surface area contributed by atoms with Gasteiger partial charge in [0.15, 0.2) is 5.43 Å². The fourth-order valence-electron chi connectivity index (χ4n) is 3.45. The predicted molar refractivity (Wildman–Crippen MR) is 109 cm³/mol. The van der Waals surface area contributed by atoms with Crippen LogP contribution >= 0.6 is 0 Å². The zero-order chi connectivity index (χ0) is 22.1. The molecule has 0 amide bonds. The summed E-state index contributed by atoms with van der Waals surface area (Å²) < 4.78 is 21.7. The van der Waals surface area contributed by atoms with Crippen LogP contribution in [0.25, 0.3) is 22.1 Å². The molecule has 2 heterocycles. The van der Waals surface area contributed by atoms with Crippen LogP contribution in [0.1, 0.15) is 0 Å². The van der Waals surface area contributed by atoms with Crippen molar-refractivity contribution in [1.29, 1.82) is 0 Å². The number of fused-ring (bicyclic) bond motifs is 1. The second kappa shape index (κ2) is 8.66. The summed E-state index contributed by atoms with van der Waals surface area (Å²) in [6.07, 6.45) is -5.65. The minimum atomic E-state index is -1.55. The Morgan fingerprint density at radius 3 is 2.35 bits per heavy atom. The monoisotopic (exact) mass is 430 g/mol. The van der Waals surface area contributed by atoms with Crippen LogP contribution in [-0.2, 0) is 4.74 Å². The van der Waals surface area contributed by atoms with Gasteiger partial charge in [-0.2, -0.15) is 0 Å². The predicted octanol–water partition coefficient (Wildman–Crippen LogP) is 0.647. The second-order valence-corrected chi connectivity index (χ2v) is 7.18. The number of benzene rings is 2. The lowest BCUT2D eigenvalue weighted by molar-refractivity contribution is -0.277. The van der Waals surface area contributed by atoms with E-state index in [0.29, 0.717) is 22.3 Å². The van der Waals surface area contributed by atoms with E-state index in [9.17, 15) is 25.2 Å². The number of methoxy groups -OCH3 is 1. The molecule has 0 bridgehead atoms. The molecule has 0 unspecified atom stereocenters. The van der Waals surface area contributed by atoms with Gasteiger partial charge in [-0.05, 0) is 29.8 Å². The van der Waals surface area contributed by atoms with Crippen LogP contribution in [0.3, 0.4) is 0 Å². The van der Waals surface area contributed by atoms with E-state index in [-0.39, 0.29) is 16.8 Å². The molecule has 4 N–H and O–H groups in total. The van der Waals surface area contributed by atoms with Crippen molar-refractivity contribution in [2.24, 2.45) is 0 Å². The average Bonchev–Trinajstić information content (AvgIpc) is 2.80. The molecule has 0 spiro atoms. The fourth-order valence-corrected chi connectivity index (χ4v) is 3.45. The number of rotatable bonds is 5. The summed E-state index contributed by atoms with van der Waals surface area (Å²) in [7, 11) is 1.56. The highest BCUT2D eigenvalue weighted by atomic mass is 16.7. The third-order valence-corrected chi connectivity index (χ3v) is 5.25. The van der Waals surface area contributed by atoms with Crippen molar-refractivity contribution in [1.82, 2.24) is 0 Å². The molecule has 9 heteroatoms. The van der Waals surface area contributed by atoms with E-state index in [1.165, 1.54) is 24.5 Å². The topological polar surface area (TPSA) is 139 Å². The Balaban J connectivity index is 1.61. The number of aliphatic hydroxyl groups excluding tert-OH is 4. The molecular formula is C22H22O9. The summed E-state index contributed by atoms with van der Waals surface area (Å²) in [4.78, 5) is 12.9. The standard InChI is InChI=1S/C22H22O9/c1-28-12-4-2-11(3-5-12)15-10-29-16-8-13(6-7-14(16)18(15)24)30-22-21(27)20(26)19(25)17(9-23)31-22/h2-8,10,17,19-23,25-27H,9H2,1H3/t17-,19-,20-,21-,22-/m1/s1. The van der Waals surface area contributed by atoms with Crippen molar-refractivity contribution in [3.63, 3.8) is 0 Å². The first-order chi connectivity index (χ1) is 14.9. The zero-order valence-electron chi connectivity index (χ0n) is 16.5. The largest absolute Gasteiger partial charge is 0.497 e. The lowest BCUT2D eigenvalue weighted by atomic mass is 9.99. The van der Waals surface area contributed by atoms with Gasteiger partial charge in [-0.15, -0.1) is 0 Å². The van der Waals surface area contributed by atoms with Crippen LogP contribution < -0.4 is 14.9 Å². The van der Waals surface area contributed by atoms with Gasteiger partial charge in [0, 0.05) is 6.07 Å². The lowest BCUT2D eigenvalue weighted by Crippen LogP contribution is -2.60. The first-order valence-electron chi connectivity index (χ1n) is 9.60. The average molecular weight is 430 g/mol. The van der Waals surface area contributed by atoms with Gasteiger partial charge in [0.1, 0.15) is 47.8 Å². The molecule has 1 aromatic heterocycles. The van der Waals surface area contributed by atoms with Gasteiger partial charge in [0.05, 0.1) is 24.7 Å². The Hall–Kier alpha value is -2.95. The summed E-state index contributed by atoms with van der Waals surface area (Å²) >= 11 is 0. The third kappa shape index (κ3) is 4.01. The number of ether oxygens (including phenoxy) is 3. The van der Waals surface area contributed by atoms with Gasteiger partial charge < -0.3 is 39.1 Å². The van der Waals surface area contributed by atoms with Crippen molar-refractivity contribution in [3.8, 4) is 22.6 Å². The van der Waals surface area contributed by atoms with Gasteiger partial charge in [-0.3, -0.25) is 4.79 Å². The minimum Gasteiger partial charge on any atom is -0.497 e. The molecule has 1 fully saturated rings. The fraction of sp³-hybridized carbons (Fsp3) is 0.318. The highest BCUT2D eigenvalue weighted by molar-refractivity contribution is 5.82. The highest BCUT2D eigenvalue weighted by Crippen LogP contribution is 2.28. The molecule has 1 aliphatic heterocycles. The number of hydrogen-bond donors (Lipinski definition) is 4. The second-order valence-electron chi connectivity index (χ2n) is 7.18. The van der Waals surface area contributed by atoms with Crippen LogP contribution in [0.15, 0.2) is 57.9 Å². The molecule has 164 valence electrons. The van der Waals surface area contributed by atoms with Gasteiger partial charge in [-0.25, -0.2) is 0 Å². The van der Waals surface area contributed by atoms with Gasteiger partial charge in [-0.1, -0.05) is 12.1 Å². The Kier molecular flexibility index (Phi) is 5.94.